The average Bonchev–Trinajstić information content (AvgIpc) is 2.80. The van der Waals surface area contributed by atoms with E-state index in [0.29, 0.717) is 5.41 Å². The van der Waals surface area contributed by atoms with E-state index in [2.05, 4.69) is 12.1 Å². The Bertz CT molecular complexity index is 415. The van der Waals surface area contributed by atoms with Gasteiger partial charge in [-0.3, -0.25) is 0 Å². The van der Waals surface area contributed by atoms with Gasteiger partial charge in [0.2, 0.25) is 0 Å². The van der Waals surface area contributed by atoms with Crippen molar-refractivity contribution in [3.05, 3.63) is 29.3 Å². The summed E-state index contributed by atoms with van der Waals surface area (Å²) < 4.78 is 0.290. The maximum absolute atomic E-state index is 6.05. The van der Waals surface area contributed by atoms with Gasteiger partial charge >= 0.3 is 0 Å². The summed E-state index contributed by atoms with van der Waals surface area (Å²) in [6.07, 6.45) is 8.32. The Balaban J connectivity index is 1.69. The summed E-state index contributed by atoms with van der Waals surface area (Å²) in [5, 5.41) is 0.807. The first-order valence-corrected chi connectivity index (χ1v) is 8.00. The second-order valence-electron chi connectivity index (χ2n) is 6.00. The molecule has 0 atom stereocenters. The molecule has 98 valence electrons. The highest BCUT2D eigenvalue weighted by atomic mass is 35.5. The van der Waals surface area contributed by atoms with E-state index < -0.39 is 0 Å². The lowest BCUT2D eigenvalue weighted by Gasteiger charge is -2.54. The van der Waals surface area contributed by atoms with E-state index in [9.17, 15) is 0 Å². The van der Waals surface area contributed by atoms with E-state index in [1.165, 1.54) is 43.4 Å². The van der Waals surface area contributed by atoms with Gasteiger partial charge in [-0.05, 0) is 55.4 Å². The van der Waals surface area contributed by atoms with Gasteiger partial charge in [-0.25, -0.2) is 0 Å². The van der Waals surface area contributed by atoms with Crippen LogP contribution in [0.5, 0.6) is 0 Å². The van der Waals surface area contributed by atoms with Crippen molar-refractivity contribution in [3.63, 3.8) is 0 Å². The molecule has 1 aromatic carbocycles. The highest BCUT2D eigenvalue weighted by molar-refractivity contribution is 8.00. The van der Waals surface area contributed by atoms with E-state index in [1.807, 2.05) is 23.9 Å². The standard InChI is InChI=1S/C15H20ClNS/c16-12-3-5-13(6-4-12)18-15(11-17)9-14(10-15)7-1-2-8-14/h3-6H,1-2,7-11,17H2. The van der Waals surface area contributed by atoms with Crippen molar-refractivity contribution in [2.75, 3.05) is 6.54 Å². The van der Waals surface area contributed by atoms with E-state index in [-0.39, 0.29) is 4.75 Å². The zero-order valence-corrected chi connectivity index (χ0v) is 12.2. The van der Waals surface area contributed by atoms with Crippen LogP contribution in [-0.4, -0.2) is 11.3 Å². The van der Waals surface area contributed by atoms with E-state index in [0.717, 1.165) is 11.6 Å². The molecule has 1 nitrogen and oxygen atoms in total. The van der Waals surface area contributed by atoms with Gasteiger partial charge in [0, 0.05) is 21.2 Å². The molecular formula is C15H20ClNS. The maximum Gasteiger partial charge on any atom is 0.0406 e. The van der Waals surface area contributed by atoms with Crippen LogP contribution >= 0.6 is 23.4 Å². The van der Waals surface area contributed by atoms with Crippen molar-refractivity contribution in [1.29, 1.82) is 0 Å². The Morgan fingerprint density at radius 2 is 1.72 bits per heavy atom. The zero-order chi connectivity index (χ0) is 12.6. The second-order valence-corrected chi connectivity index (χ2v) is 7.98. The topological polar surface area (TPSA) is 26.0 Å². The maximum atomic E-state index is 6.05. The molecule has 1 aromatic rings. The summed E-state index contributed by atoms with van der Waals surface area (Å²) in [6, 6.07) is 8.17. The molecule has 0 saturated heterocycles. The lowest BCUT2D eigenvalue weighted by Crippen LogP contribution is -2.52. The zero-order valence-electron chi connectivity index (χ0n) is 10.6. The second kappa shape index (κ2) is 4.73. The minimum Gasteiger partial charge on any atom is -0.329 e. The normalized spacial score (nSPS) is 24.1. The van der Waals surface area contributed by atoms with E-state index in [1.54, 1.807) is 0 Å². The lowest BCUT2D eigenvalue weighted by molar-refractivity contribution is 0.0935. The molecular weight excluding hydrogens is 262 g/mol. The predicted molar refractivity (Wildman–Crippen MR) is 79.2 cm³/mol. The van der Waals surface area contributed by atoms with Crippen molar-refractivity contribution >= 4 is 23.4 Å². The number of hydrogen-bond donors (Lipinski definition) is 1. The van der Waals surface area contributed by atoms with Crippen LogP contribution in [0.1, 0.15) is 38.5 Å². The summed E-state index contributed by atoms with van der Waals surface area (Å²) in [7, 11) is 0. The van der Waals surface area contributed by atoms with Gasteiger partial charge in [-0.1, -0.05) is 24.4 Å². The summed E-state index contributed by atoms with van der Waals surface area (Å²) in [5.41, 5.74) is 6.70. The fourth-order valence-corrected chi connectivity index (χ4v) is 5.54. The number of halogens is 1. The molecule has 2 aliphatic carbocycles. The fraction of sp³-hybridized carbons (Fsp3) is 0.600. The Hall–Kier alpha value is -0.180. The van der Waals surface area contributed by atoms with Gasteiger partial charge in [0.15, 0.2) is 0 Å². The third-order valence-electron chi connectivity index (χ3n) is 4.58. The molecule has 0 unspecified atom stereocenters. The third kappa shape index (κ3) is 2.31. The summed E-state index contributed by atoms with van der Waals surface area (Å²) in [5.74, 6) is 0. The molecule has 2 saturated carbocycles. The quantitative estimate of drug-likeness (QED) is 0.884. The molecule has 0 amide bonds. The monoisotopic (exact) mass is 281 g/mol. The summed E-state index contributed by atoms with van der Waals surface area (Å²) >= 11 is 7.89. The number of rotatable bonds is 3. The van der Waals surface area contributed by atoms with Crippen molar-refractivity contribution in [1.82, 2.24) is 0 Å². The molecule has 0 aliphatic heterocycles. The van der Waals surface area contributed by atoms with Crippen LogP contribution in [0.15, 0.2) is 29.2 Å². The molecule has 3 rings (SSSR count). The smallest absolute Gasteiger partial charge is 0.0406 e. The Kier molecular flexibility index (Phi) is 3.38. The molecule has 2 fully saturated rings. The average molecular weight is 282 g/mol. The van der Waals surface area contributed by atoms with Gasteiger partial charge in [-0.15, -0.1) is 11.8 Å². The van der Waals surface area contributed by atoms with Crippen LogP contribution in [0.25, 0.3) is 0 Å². The number of hydrogen-bond acceptors (Lipinski definition) is 2. The van der Waals surface area contributed by atoms with Crippen molar-refractivity contribution in [2.45, 2.75) is 48.2 Å². The number of benzene rings is 1. The molecule has 18 heavy (non-hydrogen) atoms. The fourth-order valence-electron chi connectivity index (χ4n) is 3.80. The van der Waals surface area contributed by atoms with Crippen LogP contribution < -0.4 is 5.73 Å². The van der Waals surface area contributed by atoms with Crippen LogP contribution in [0.2, 0.25) is 5.02 Å². The third-order valence-corrected chi connectivity index (χ3v) is 6.23. The molecule has 3 heteroatoms. The highest BCUT2D eigenvalue weighted by Gasteiger charge is 2.54. The summed E-state index contributed by atoms with van der Waals surface area (Å²) in [6.45, 7) is 0.794. The van der Waals surface area contributed by atoms with E-state index in [4.69, 9.17) is 17.3 Å². The molecule has 2 N–H and O–H groups in total. The number of thioether (sulfide) groups is 1. The molecule has 0 aromatic heterocycles. The Morgan fingerprint density at radius 3 is 2.28 bits per heavy atom. The van der Waals surface area contributed by atoms with Crippen molar-refractivity contribution in [3.8, 4) is 0 Å². The van der Waals surface area contributed by atoms with Crippen LogP contribution in [0, 0.1) is 5.41 Å². The largest absolute Gasteiger partial charge is 0.329 e. The first kappa shape index (κ1) is 12.8. The van der Waals surface area contributed by atoms with Crippen LogP contribution in [0.3, 0.4) is 0 Å². The van der Waals surface area contributed by atoms with Gasteiger partial charge in [-0.2, -0.15) is 0 Å². The van der Waals surface area contributed by atoms with Gasteiger partial charge in [0.25, 0.3) is 0 Å². The Labute approximate surface area is 118 Å². The van der Waals surface area contributed by atoms with E-state index >= 15 is 0 Å². The van der Waals surface area contributed by atoms with Gasteiger partial charge in [0.05, 0.1) is 0 Å². The first-order valence-electron chi connectivity index (χ1n) is 6.80. The van der Waals surface area contributed by atoms with Crippen molar-refractivity contribution in [2.24, 2.45) is 11.1 Å². The number of nitrogens with two attached hydrogens (primary N) is 1. The van der Waals surface area contributed by atoms with Crippen LogP contribution in [0.4, 0.5) is 0 Å². The molecule has 1 spiro atoms. The minimum atomic E-state index is 0.290. The molecule has 0 bridgehead atoms. The van der Waals surface area contributed by atoms with Gasteiger partial charge < -0.3 is 5.73 Å². The SMILES string of the molecule is NCC1(Sc2ccc(Cl)cc2)CC2(CCCC2)C1. The molecule has 0 heterocycles. The molecule has 2 aliphatic rings. The lowest BCUT2D eigenvalue weighted by atomic mass is 9.60. The predicted octanol–water partition coefficient (Wildman–Crippen LogP) is 4.48. The first-order chi connectivity index (χ1) is 8.65. The highest BCUT2D eigenvalue weighted by Crippen LogP contribution is 2.63. The minimum absolute atomic E-state index is 0.290. The van der Waals surface area contributed by atoms with Crippen LogP contribution in [-0.2, 0) is 0 Å². The summed E-state index contributed by atoms with van der Waals surface area (Å²) in [4.78, 5) is 1.30. The molecule has 0 radical (unpaired) electrons. The van der Waals surface area contributed by atoms with Gasteiger partial charge in [0.1, 0.15) is 0 Å². The Morgan fingerprint density at radius 1 is 1.11 bits per heavy atom. The van der Waals surface area contributed by atoms with Crippen molar-refractivity contribution < 1.29 is 0 Å².